The maximum atomic E-state index is 12.6. The fraction of sp³-hybridized carbons (Fsp3) is 0.889. The molecule has 2 aliphatic carbocycles. The van der Waals surface area contributed by atoms with Crippen LogP contribution in [0.2, 0.25) is 0 Å². The molecule has 4 aliphatic rings. The smallest absolute Gasteiger partial charge is 0.249 e. The van der Waals surface area contributed by atoms with Crippen LogP contribution in [0.1, 0.15) is 58.3 Å². The van der Waals surface area contributed by atoms with Crippen molar-refractivity contribution in [1.29, 1.82) is 0 Å². The molecule has 0 aromatic rings. The van der Waals surface area contributed by atoms with Gasteiger partial charge in [-0.3, -0.25) is 9.59 Å². The Bertz CT molecular complexity index is 485. The van der Waals surface area contributed by atoms with E-state index in [1.165, 1.54) is 6.42 Å². The van der Waals surface area contributed by atoms with Crippen LogP contribution in [0, 0.1) is 11.8 Å². The molecular formula is C18H28N2O3. The van der Waals surface area contributed by atoms with E-state index in [0.717, 1.165) is 51.5 Å². The fourth-order valence-corrected chi connectivity index (χ4v) is 4.58. The van der Waals surface area contributed by atoms with Crippen LogP contribution in [0.3, 0.4) is 0 Å². The number of ether oxygens (including phenoxy) is 1. The van der Waals surface area contributed by atoms with Crippen molar-refractivity contribution in [2.24, 2.45) is 11.8 Å². The molecule has 0 spiro atoms. The quantitative estimate of drug-likeness (QED) is 0.863. The maximum absolute atomic E-state index is 12.6. The van der Waals surface area contributed by atoms with Gasteiger partial charge in [0.25, 0.3) is 0 Å². The number of hydrogen-bond acceptors (Lipinski definition) is 3. The highest BCUT2D eigenvalue weighted by Gasteiger charge is 2.46. The molecule has 2 saturated heterocycles. The van der Waals surface area contributed by atoms with E-state index in [2.05, 4.69) is 17.1 Å². The Labute approximate surface area is 138 Å². The Morgan fingerprint density at radius 2 is 1.87 bits per heavy atom. The van der Waals surface area contributed by atoms with Crippen LogP contribution in [0.5, 0.6) is 0 Å². The van der Waals surface area contributed by atoms with E-state index in [1.54, 1.807) is 0 Å². The van der Waals surface area contributed by atoms with Crippen LogP contribution in [-0.2, 0) is 14.3 Å². The number of nitrogens with one attached hydrogen (secondary N) is 1. The molecule has 0 aromatic heterocycles. The molecule has 4 rings (SSSR count). The highest BCUT2D eigenvalue weighted by molar-refractivity contribution is 5.82. The average Bonchev–Trinajstić information content (AvgIpc) is 2.89. The molecule has 0 bridgehead atoms. The van der Waals surface area contributed by atoms with E-state index in [9.17, 15) is 9.59 Å². The minimum Gasteiger partial charge on any atom is -0.363 e. The number of likely N-dealkylation sites (tertiary alicyclic amines) is 1. The summed E-state index contributed by atoms with van der Waals surface area (Å²) in [6.45, 7) is 3.02. The first-order valence-corrected chi connectivity index (χ1v) is 9.38. The minimum absolute atomic E-state index is 0.0577. The lowest BCUT2D eigenvalue weighted by Gasteiger charge is -2.40. The highest BCUT2D eigenvalue weighted by Crippen LogP contribution is 2.38. The second kappa shape index (κ2) is 6.08. The standard InChI is InChI=1S/C18H28N2O3/c1-11-9-12(10-11)18(22)20-8-7-15-14(20)5-6-16(23-15)17(21)19-13-3-2-4-13/h11-16H,2-10H2,1H3,(H,19,21)/t11?,12?,14-,15-,16+/m1/s1. The first-order valence-electron chi connectivity index (χ1n) is 9.38. The van der Waals surface area contributed by atoms with Crippen molar-refractivity contribution in [1.82, 2.24) is 10.2 Å². The molecule has 0 radical (unpaired) electrons. The first-order chi connectivity index (χ1) is 11.1. The van der Waals surface area contributed by atoms with Crippen molar-refractivity contribution >= 4 is 11.8 Å². The zero-order chi connectivity index (χ0) is 16.0. The third kappa shape index (κ3) is 2.88. The van der Waals surface area contributed by atoms with E-state index in [-0.39, 0.29) is 30.1 Å². The van der Waals surface area contributed by atoms with Gasteiger partial charge in [0.05, 0.1) is 12.1 Å². The fourth-order valence-electron chi connectivity index (χ4n) is 4.58. The largest absolute Gasteiger partial charge is 0.363 e. The predicted octanol–water partition coefficient (Wildman–Crippen LogP) is 1.85. The van der Waals surface area contributed by atoms with Gasteiger partial charge in [-0.05, 0) is 57.3 Å². The molecule has 2 saturated carbocycles. The molecule has 4 fully saturated rings. The molecule has 23 heavy (non-hydrogen) atoms. The lowest BCUT2D eigenvalue weighted by Crippen LogP contribution is -2.52. The first kappa shape index (κ1) is 15.4. The van der Waals surface area contributed by atoms with Gasteiger partial charge < -0.3 is 15.0 Å². The summed E-state index contributed by atoms with van der Waals surface area (Å²) in [6, 6.07) is 0.567. The number of carbonyl (C=O) groups excluding carboxylic acids is 2. The summed E-state index contributed by atoms with van der Waals surface area (Å²) in [5.74, 6) is 1.33. The topological polar surface area (TPSA) is 58.6 Å². The molecule has 5 heteroatoms. The number of rotatable bonds is 3. The van der Waals surface area contributed by atoms with Crippen molar-refractivity contribution in [2.45, 2.75) is 82.6 Å². The van der Waals surface area contributed by atoms with E-state index < -0.39 is 0 Å². The zero-order valence-electron chi connectivity index (χ0n) is 14.0. The molecule has 0 unspecified atom stereocenters. The van der Waals surface area contributed by atoms with Crippen molar-refractivity contribution in [2.75, 3.05) is 6.54 Å². The lowest BCUT2D eigenvalue weighted by molar-refractivity contribution is -0.151. The number of amides is 2. The van der Waals surface area contributed by atoms with Crippen LogP contribution in [0.4, 0.5) is 0 Å². The maximum Gasteiger partial charge on any atom is 0.249 e. The molecule has 2 heterocycles. The molecule has 0 aromatic carbocycles. The van der Waals surface area contributed by atoms with Crippen molar-refractivity contribution in [3.63, 3.8) is 0 Å². The third-order valence-electron chi connectivity index (χ3n) is 6.30. The van der Waals surface area contributed by atoms with Gasteiger partial charge in [-0.1, -0.05) is 6.92 Å². The van der Waals surface area contributed by atoms with Gasteiger partial charge in [-0.2, -0.15) is 0 Å². The van der Waals surface area contributed by atoms with Crippen LogP contribution in [-0.4, -0.2) is 47.6 Å². The molecule has 5 nitrogen and oxygen atoms in total. The molecule has 2 aliphatic heterocycles. The number of hydrogen-bond donors (Lipinski definition) is 1. The molecular weight excluding hydrogens is 292 g/mol. The van der Waals surface area contributed by atoms with Gasteiger partial charge in [0, 0.05) is 18.5 Å². The van der Waals surface area contributed by atoms with Gasteiger partial charge in [-0.15, -0.1) is 0 Å². The summed E-state index contributed by atoms with van der Waals surface area (Å²) >= 11 is 0. The summed E-state index contributed by atoms with van der Waals surface area (Å²) in [4.78, 5) is 27.0. The second-order valence-corrected chi connectivity index (χ2v) is 8.04. The van der Waals surface area contributed by atoms with Gasteiger partial charge in [0.1, 0.15) is 6.10 Å². The van der Waals surface area contributed by atoms with Crippen LogP contribution in [0.25, 0.3) is 0 Å². The Morgan fingerprint density at radius 1 is 1.09 bits per heavy atom. The normalized spacial score (nSPS) is 40.0. The SMILES string of the molecule is CC1CC(C(=O)N2CC[C@H]3O[C@H](C(=O)NC4CCC4)CC[C@H]32)C1. The third-order valence-corrected chi connectivity index (χ3v) is 6.30. The zero-order valence-corrected chi connectivity index (χ0v) is 14.0. The molecule has 1 N–H and O–H groups in total. The minimum atomic E-state index is -0.310. The predicted molar refractivity (Wildman–Crippen MR) is 85.7 cm³/mol. The van der Waals surface area contributed by atoms with E-state index in [1.807, 2.05) is 0 Å². The van der Waals surface area contributed by atoms with Crippen LogP contribution >= 0.6 is 0 Å². The van der Waals surface area contributed by atoms with Crippen LogP contribution in [0.15, 0.2) is 0 Å². The summed E-state index contributed by atoms with van der Waals surface area (Å²) < 4.78 is 6.07. The number of carbonyl (C=O) groups is 2. The lowest BCUT2D eigenvalue weighted by atomic mass is 9.75. The van der Waals surface area contributed by atoms with Gasteiger partial charge in [0.15, 0.2) is 0 Å². The summed E-state index contributed by atoms with van der Waals surface area (Å²) in [5.41, 5.74) is 0. The van der Waals surface area contributed by atoms with Crippen molar-refractivity contribution in [3.8, 4) is 0 Å². The average molecular weight is 320 g/mol. The highest BCUT2D eigenvalue weighted by atomic mass is 16.5. The Morgan fingerprint density at radius 3 is 2.52 bits per heavy atom. The molecule has 2 amide bonds. The van der Waals surface area contributed by atoms with E-state index in [0.29, 0.717) is 17.9 Å². The second-order valence-electron chi connectivity index (χ2n) is 8.04. The molecule has 3 atom stereocenters. The molecule has 128 valence electrons. The number of fused-ring (bicyclic) bond motifs is 1. The van der Waals surface area contributed by atoms with Crippen molar-refractivity contribution in [3.05, 3.63) is 0 Å². The number of nitrogens with zero attached hydrogens (tertiary/aromatic N) is 1. The summed E-state index contributed by atoms with van der Waals surface area (Å²) in [7, 11) is 0. The van der Waals surface area contributed by atoms with Gasteiger partial charge >= 0.3 is 0 Å². The monoisotopic (exact) mass is 320 g/mol. The van der Waals surface area contributed by atoms with Crippen molar-refractivity contribution < 1.29 is 14.3 Å². The summed E-state index contributed by atoms with van der Waals surface area (Å²) in [5, 5.41) is 3.10. The van der Waals surface area contributed by atoms with Gasteiger partial charge in [-0.25, -0.2) is 0 Å². The Balaban J connectivity index is 1.31. The Kier molecular flexibility index (Phi) is 4.08. The summed E-state index contributed by atoms with van der Waals surface area (Å²) in [6.07, 6.45) is 7.78. The van der Waals surface area contributed by atoms with E-state index >= 15 is 0 Å². The van der Waals surface area contributed by atoms with Crippen LogP contribution < -0.4 is 5.32 Å². The van der Waals surface area contributed by atoms with E-state index in [4.69, 9.17) is 4.74 Å². The van der Waals surface area contributed by atoms with Gasteiger partial charge in [0.2, 0.25) is 11.8 Å². The Hall–Kier alpha value is -1.10.